The molecule has 45 heavy (non-hydrogen) atoms. The molecular formula is C41H29N4-. The fraction of sp³-hybridized carbons (Fsp3) is 0.0488. The molecule has 4 heteroatoms. The van der Waals surface area contributed by atoms with Crippen molar-refractivity contribution in [3.8, 4) is 16.9 Å². The normalized spacial score (nSPS) is 14.7. The van der Waals surface area contributed by atoms with Crippen LogP contribution in [0.4, 0.5) is 0 Å². The molecule has 0 amide bonds. The van der Waals surface area contributed by atoms with E-state index in [9.17, 15) is 0 Å². The standard InChI is InChI=1S/C41H29N4/c1-2-10-32-27(8-1)9-7-13-39(32)45-40-25-30(36-11-3-5-22-42-36)16-19-34(40)35-20-14-28-24-29(15-18-33(28)41(35)45)38-21-17-31(26-44-38)37-12-4-6-23-43-37/h1-22,24-25,43H,23,26H2/q-1. The highest BCUT2D eigenvalue weighted by atomic mass is 15.0. The Balaban J connectivity index is 1.27. The first kappa shape index (κ1) is 25.6. The second kappa shape index (κ2) is 10.4. The maximum Gasteiger partial charge on any atom is 0.0702 e. The third-order valence-corrected chi connectivity index (χ3v) is 9.03. The van der Waals surface area contributed by atoms with Crippen LogP contribution in [0.5, 0.6) is 0 Å². The van der Waals surface area contributed by atoms with Crippen LogP contribution in [-0.4, -0.2) is 22.6 Å². The largest absolute Gasteiger partial charge is 0.680 e. The monoisotopic (exact) mass is 577 g/mol. The Morgan fingerprint density at radius 1 is 0.667 bits per heavy atom. The first-order valence-corrected chi connectivity index (χ1v) is 15.4. The first-order valence-electron chi connectivity index (χ1n) is 15.4. The summed E-state index contributed by atoms with van der Waals surface area (Å²) in [6.45, 7) is 1.53. The maximum atomic E-state index is 4.97. The number of dihydropyridines is 1. The zero-order chi connectivity index (χ0) is 29.7. The smallest absolute Gasteiger partial charge is 0.0702 e. The quantitative estimate of drug-likeness (QED) is 0.226. The Bertz CT molecular complexity index is 2420. The van der Waals surface area contributed by atoms with Crippen LogP contribution in [0.25, 0.3) is 71.3 Å². The molecule has 4 heterocycles. The number of aromatic nitrogens is 2. The zero-order valence-electron chi connectivity index (χ0n) is 24.6. The molecule has 0 saturated carbocycles. The lowest BCUT2D eigenvalue weighted by molar-refractivity contribution is 0.893. The minimum Gasteiger partial charge on any atom is -0.680 e. The molecule has 0 spiro atoms. The Hall–Kier alpha value is -5.87. The summed E-state index contributed by atoms with van der Waals surface area (Å²) < 4.78 is 2.46. The summed E-state index contributed by atoms with van der Waals surface area (Å²) >= 11 is 0. The van der Waals surface area contributed by atoms with Gasteiger partial charge < -0.3 is 15.2 Å². The summed E-state index contributed by atoms with van der Waals surface area (Å²) in [5, 5.41) is 15.8. The Morgan fingerprint density at radius 3 is 2.40 bits per heavy atom. The van der Waals surface area contributed by atoms with Crippen LogP contribution in [0, 0.1) is 0 Å². The van der Waals surface area contributed by atoms with Crippen molar-refractivity contribution in [2.75, 3.05) is 13.1 Å². The van der Waals surface area contributed by atoms with Crippen molar-refractivity contribution in [3.05, 3.63) is 168 Å². The van der Waals surface area contributed by atoms with Crippen molar-refractivity contribution in [1.82, 2.24) is 14.9 Å². The summed E-state index contributed by atoms with van der Waals surface area (Å²) in [6, 6.07) is 39.4. The summed E-state index contributed by atoms with van der Waals surface area (Å²) in [7, 11) is 0. The molecule has 214 valence electrons. The number of hydrogen-bond acceptors (Lipinski definition) is 2. The first-order chi connectivity index (χ1) is 22.3. The van der Waals surface area contributed by atoms with E-state index in [1.807, 2.05) is 18.3 Å². The molecule has 1 N–H and O–H groups in total. The van der Waals surface area contributed by atoms with E-state index in [1.54, 1.807) is 0 Å². The molecule has 9 rings (SSSR count). The Kier molecular flexibility index (Phi) is 5.91. The van der Waals surface area contributed by atoms with Gasteiger partial charge in [-0.2, -0.15) is 0 Å². The molecule has 0 saturated heterocycles. The topological polar surface area (TPSA) is 44.0 Å². The minimum absolute atomic E-state index is 0.670. The SMILES string of the molecule is C1=CCNC(C2=CC=C(c3ccc4c(ccc5c6ccc(-c7ccccn7)cc6n(-c6cccc7ccccc67)c45)c3)[N-]C2)=C1. The van der Waals surface area contributed by atoms with Gasteiger partial charge in [0.15, 0.2) is 0 Å². The van der Waals surface area contributed by atoms with Gasteiger partial charge >= 0.3 is 0 Å². The third kappa shape index (κ3) is 4.26. The number of benzene rings is 5. The molecule has 0 atom stereocenters. The Morgan fingerprint density at radius 2 is 1.53 bits per heavy atom. The van der Waals surface area contributed by atoms with E-state index >= 15 is 0 Å². The summed E-state index contributed by atoms with van der Waals surface area (Å²) in [5.41, 5.74) is 10.2. The zero-order valence-corrected chi connectivity index (χ0v) is 24.6. The number of rotatable bonds is 4. The fourth-order valence-electron chi connectivity index (χ4n) is 6.84. The van der Waals surface area contributed by atoms with Gasteiger partial charge in [0.05, 0.1) is 22.4 Å². The van der Waals surface area contributed by atoms with Crippen LogP contribution in [0.2, 0.25) is 0 Å². The number of hydrogen-bond donors (Lipinski definition) is 1. The van der Waals surface area contributed by atoms with Gasteiger partial charge in [-0.25, -0.2) is 0 Å². The number of allylic oxidation sites excluding steroid dienone is 4. The molecule has 5 aromatic carbocycles. The van der Waals surface area contributed by atoms with Gasteiger partial charge in [0.25, 0.3) is 0 Å². The fourth-order valence-corrected chi connectivity index (χ4v) is 6.84. The van der Waals surface area contributed by atoms with Gasteiger partial charge in [-0.15, -0.1) is 12.2 Å². The van der Waals surface area contributed by atoms with Gasteiger partial charge in [0.2, 0.25) is 0 Å². The molecule has 7 aromatic rings. The van der Waals surface area contributed by atoms with Crippen LogP contribution in [0.1, 0.15) is 5.56 Å². The molecule has 2 aliphatic rings. The van der Waals surface area contributed by atoms with E-state index in [2.05, 4.69) is 142 Å². The van der Waals surface area contributed by atoms with Gasteiger partial charge in [-0.05, 0) is 58.3 Å². The molecular weight excluding hydrogens is 548 g/mol. The van der Waals surface area contributed by atoms with E-state index in [0.717, 1.165) is 34.8 Å². The molecule has 0 radical (unpaired) electrons. The van der Waals surface area contributed by atoms with Crippen LogP contribution in [0.15, 0.2) is 157 Å². The van der Waals surface area contributed by atoms with E-state index < -0.39 is 0 Å². The van der Waals surface area contributed by atoms with Crippen molar-refractivity contribution >= 4 is 49.0 Å². The van der Waals surface area contributed by atoms with Crippen molar-refractivity contribution < 1.29 is 0 Å². The lowest BCUT2D eigenvalue weighted by Crippen LogP contribution is -2.19. The predicted octanol–water partition coefficient (Wildman–Crippen LogP) is 9.85. The molecule has 0 unspecified atom stereocenters. The Labute approximate surface area is 261 Å². The lowest BCUT2D eigenvalue weighted by Gasteiger charge is -2.32. The molecule has 4 nitrogen and oxygen atoms in total. The highest BCUT2D eigenvalue weighted by Crippen LogP contribution is 2.40. The molecule has 0 fully saturated rings. The van der Waals surface area contributed by atoms with Crippen molar-refractivity contribution in [2.45, 2.75) is 0 Å². The van der Waals surface area contributed by atoms with Gasteiger partial charge in [-0.1, -0.05) is 103 Å². The third-order valence-electron chi connectivity index (χ3n) is 9.03. The van der Waals surface area contributed by atoms with Gasteiger partial charge in [0, 0.05) is 45.5 Å². The van der Waals surface area contributed by atoms with Crippen LogP contribution in [0.3, 0.4) is 0 Å². The number of fused-ring (bicyclic) bond motifs is 6. The van der Waals surface area contributed by atoms with Gasteiger partial charge in [-0.3, -0.25) is 4.98 Å². The predicted molar refractivity (Wildman–Crippen MR) is 189 cm³/mol. The minimum atomic E-state index is 0.670. The number of nitrogens with zero attached hydrogens (tertiary/aromatic N) is 3. The average Bonchev–Trinajstić information content (AvgIpc) is 3.46. The number of nitrogens with one attached hydrogen (secondary N) is 1. The second-order valence-electron chi connectivity index (χ2n) is 11.6. The molecule has 2 aromatic heterocycles. The van der Waals surface area contributed by atoms with Crippen molar-refractivity contribution in [2.24, 2.45) is 0 Å². The van der Waals surface area contributed by atoms with Gasteiger partial charge in [0.1, 0.15) is 0 Å². The molecule has 2 aliphatic heterocycles. The van der Waals surface area contributed by atoms with Crippen molar-refractivity contribution in [1.29, 1.82) is 0 Å². The van der Waals surface area contributed by atoms with E-state index in [4.69, 9.17) is 5.32 Å². The summed E-state index contributed by atoms with van der Waals surface area (Å²) in [4.78, 5) is 4.66. The lowest BCUT2D eigenvalue weighted by atomic mass is 9.99. The highest BCUT2D eigenvalue weighted by molar-refractivity contribution is 6.20. The molecule has 0 bridgehead atoms. The van der Waals surface area contributed by atoms with Crippen LogP contribution >= 0.6 is 0 Å². The van der Waals surface area contributed by atoms with E-state index in [1.165, 1.54) is 54.6 Å². The van der Waals surface area contributed by atoms with E-state index in [0.29, 0.717) is 6.54 Å². The van der Waals surface area contributed by atoms with Crippen LogP contribution in [-0.2, 0) is 0 Å². The summed E-state index contributed by atoms with van der Waals surface area (Å²) in [6.07, 6.45) is 12.6. The second-order valence-corrected chi connectivity index (χ2v) is 11.6. The average molecular weight is 578 g/mol. The van der Waals surface area contributed by atoms with E-state index in [-0.39, 0.29) is 0 Å². The highest BCUT2D eigenvalue weighted by Gasteiger charge is 2.18. The molecule has 0 aliphatic carbocycles. The maximum absolute atomic E-state index is 4.97. The number of pyridine rings is 1. The van der Waals surface area contributed by atoms with Crippen molar-refractivity contribution in [3.63, 3.8) is 0 Å². The summed E-state index contributed by atoms with van der Waals surface area (Å²) in [5.74, 6) is 0. The van der Waals surface area contributed by atoms with Crippen LogP contribution < -0.4 is 5.32 Å².